The van der Waals surface area contributed by atoms with Crippen LogP contribution in [0.4, 0.5) is 0 Å². The molecule has 0 fully saturated rings. The molecule has 0 aliphatic carbocycles. The molecule has 0 spiro atoms. The smallest absolute Gasteiger partial charge is 0.340 e. The van der Waals surface area contributed by atoms with Crippen molar-refractivity contribution in [3.05, 3.63) is 35.4 Å². The molecule has 1 N–H and O–H groups in total. The van der Waals surface area contributed by atoms with Gasteiger partial charge >= 0.3 is 11.9 Å². The molecule has 0 heterocycles. The third-order valence-electron chi connectivity index (χ3n) is 3.58. The monoisotopic (exact) mass is 414 g/mol. The molecule has 3 unspecified atom stereocenters. The fourth-order valence-electron chi connectivity index (χ4n) is 2.52. The second-order valence-electron chi connectivity index (χ2n) is 6.12. The van der Waals surface area contributed by atoms with Gasteiger partial charge in [0.2, 0.25) is 6.29 Å². The van der Waals surface area contributed by atoms with Crippen molar-refractivity contribution in [3.8, 4) is 0 Å². The molecule has 9 heteroatoms. The van der Waals surface area contributed by atoms with Gasteiger partial charge in [-0.25, -0.2) is 9.59 Å². The van der Waals surface area contributed by atoms with Crippen LogP contribution in [0.3, 0.4) is 0 Å². The van der Waals surface area contributed by atoms with Gasteiger partial charge in [0.25, 0.3) is 5.97 Å². The summed E-state index contributed by atoms with van der Waals surface area (Å²) in [4.78, 5) is 23.2. The maximum absolute atomic E-state index is 12.3. The predicted octanol–water partition coefficient (Wildman–Crippen LogP) is 3.38. The van der Waals surface area contributed by atoms with E-state index in [0.29, 0.717) is 13.2 Å². The van der Waals surface area contributed by atoms with E-state index in [0.717, 1.165) is 0 Å². The second-order valence-corrected chi connectivity index (χ2v) is 6.12. The number of carbonyl (C=O) groups is 2. The Morgan fingerprint density at radius 1 is 0.862 bits per heavy atom. The van der Waals surface area contributed by atoms with E-state index in [1.807, 2.05) is 13.8 Å². The Balaban J connectivity index is 2.79. The van der Waals surface area contributed by atoms with Crippen LogP contribution in [0.25, 0.3) is 0 Å². The summed E-state index contributed by atoms with van der Waals surface area (Å²) in [6, 6.07) is 5.35. The Labute approximate surface area is 170 Å². The Bertz CT molecular complexity index is 630. The van der Waals surface area contributed by atoms with Crippen LogP contribution in [0.15, 0.2) is 24.3 Å². The molecule has 29 heavy (non-hydrogen) atoms. The zero-order valence-corrected chi connectivity index (χ0v) is 17.7. The Kier molecular flexibility index (Phi) is 10.2. The zero-order chi connectivity index (χ0) is 22.0. The van der Waals surface area contributed by atoms with Gasteiger partial charge in [-0.05, 0) is 58.9 Å². The minimum absolute atomic E-state index is 0.0649. The molecule has 9 nitrogen and oxygen atoms in total. The van der Waals surface area contributed by atoms with Gasteiger partial charge in [0.05, 0.1) is 11.1 Å². The van der Waals surface area contributed by atoms with Crippen molar-refractivity contribution in [1.29, 1.82) is 0 Å². The molecule has 1 aromatic rings. The highest BCUT2D eigenvalue weighted by Crippen LogP contribution is 2.23. The lowest BCUT2D eigenvalue weighted by molar-refractivity contribution is -0.456. The van der Waals surface area contributed by atoms with Gasteiger partial charge in [-0.1, -0.05) is 0 Å². The fourth-order valence-corrected chi connectivity index (χ4v) is 2.52. The molecule has 0 amide bonds. The van der Waals surface area contributed by atoms with Gasteiger partial charge in [-0.2, -0.15) is 0 Å². The van der Waals surface area contributed by atoms with Crippen molar-refractivity contribution in [1.82, 2.24) is 0 Å². The molecular weight excluding hydrogens is 384 g/mol. The van der Waals surface area contributed by atoms with Crippen molar-refractivity contribution in [2.45, 2.75) is 66.4 Å². The minimum Gasteiger partial charge on any atom is -0.478 e. The van der Waals surface area contributed by atoms with E-state index in [-0.39, 0.29) is 11.1 Å². The van der Waals surface area contributed by atoms with Crippen LogP contribution >= 0.6 is 0 Å². The van der Waals surface area contributed by atoms with Crippen molar-refractivity contribution < 1.29 is 43.1 Å². The van der Waals surface area contributed by atoms with E-state index < -0.39 is 36.8 Å². The summed E-state index contributed by atoms with van der Waals surface area (Å²) in [6.07, 6.45) is -2.34. The number of hydrogen-bond donors (Lipinski definition) is 1. The van der Waals surface area contributed by atoms with Crippen molar-refractivity contribution in [3.63, 3.8) is 0 Å². The van der Waals surface area contributed by atoms with Gasteiger partial charge in [-0.3, -0.25) is 14.2 Å². The minimum atomic E-state index is -1.62. The number of carboxylic acid groups (broad SMARTS) is 1. The van der Waals surface area contributed by atoms with Crippen LogP contribution in [-0.4, -0.2) is 55.1 Å². The molecule has 3 atom stereocenters. The Morgan fingerprint density at radius 3 is 1.69 bits per heavy atom. The summed E-state index contributed by atoms with van der Waals surface area (Å²) >= 11 is 0. The van der Waals surface area contributed by atoms with Crippen LogP contribution in [0.1, 0.15) is 62.3 Å². The van der Waals surface area contributed by atoms with E-state index >= 15 is 0 Å². The topological polar surface area (TPSA) is 110 Å². The standard InChI is InChI=1S/C20H30O9/c1-7-24-13(3)27-20(6,28-14(4)25-8-2)29-15(5)26-19(23)17-11-9-16(10-12-17)18(21)22/h9-15H,7-8H2,1-6H3,(H,21,22). The van der Waals surface area contributed by atoms with Crippen molar-refractivity contribution in [2.75, 3.05) is 13.2 Å². The Morgan fingerprint density at radius 2 is 1.28 bits per heavy atom. The lowest BCUT2D eigenvalue weighted by Crippen LogP contribution is -2.45. The molecule has 0 bridgehead atoms. The largest absolute Gasteiger partial charge is 0.478 e. The van der Waals surface area contributed by atoms with Gasteiger partial charge in [0.15, 0.2) is 12.6 Å². The average Bonchev–Trinajstić information content (AvgIpc) is 2.61. The van der Waals surface area contributed by atoms with E-state index in [4.69, 9.17) is 33.5 Å². The molecule has 0 aliphatic rings. The number of rotatable bonds is 13. The summed E-state index contributed by atoms with van der Waals surface area (Å²) in [7, 11) is 0. The summed E-state index contributed by atoms with van der Waals surface area (Å²) in [6.45, 7) is 10.9. The number of ether oxygens (including phenoxy) is 6. The summed E-state index contributed by atoms with van der Waals surface area (Å²) in [5.74, 6) is -3.39. The first-order valence-electron chi connectivity index (χ1n) is 9.41. The van der Waals surface area contributed by atoms with Crippen LogP contribution in [0, 0.1) is 0 Å². The lowest BCUT2D eigenvalue weighted by atomic mass is 10.1. The molecule has 0 aromatic heterocycles. The number of hydrogen-bond acceptors (Lipinski definition) is 8. The van der Waals surface area contributed by atoms with E-state index in [2.05, 4.69) is 0 Å². The summed E-state index contributed by atoms with van der Waals surface area (Å²) < 4.78 is 33.1. The maximum atomic E-state index is 12.3. The van der Waals surface area contributed by atoms with Gasteiger partial charge < -0.3 is 19.3 Å². The number of carbonyl (C=O) groups excluding carboxylic acids is 1. The van der Waals surface area contributed by atoms with E-state index in [9.17, 15) is 9.59 Å². The number of aromatic carboxylic acids is 1. The number of benzene rings is 1. The van der Waals surface area contributed by atoms with Crippen LogP contribution in [0.2, 0.25) is 0 Å². The van der Waals surface area contributed by atoms with E-state index in [1.165, 1.54) is 38.1 Å². The predicted molar refractivity (Wildman–Crippen MR) is 102 cm³/mol. The third kappa shape index (κ3) is 8.88. The SMILES string of the molecule is CCOC(C)OC(C)(OC(C)OCC)OC(C)OC(=O)c1ccc(C(=O)O)cc1. The normalized spacial score (nSPS) is 16.5. The quantitative estimate of drug-likeness (QED) is 0.384. The molecule has 0 saturated carbocycles. The highest BCUT2D eigenvalue weighted by Gasteiger charge is 2.35. The third-order valence-corrected chi connectivity index (χ3v) is 3.58. The summed E-state index contributed by atoms with van der Waals surface area (Å²) in [5, 5.41) is 8.92. The molecule has 1 rings (SSSR count). The first-order valence-corrected chi connectivity index (χ1v) is 9.41. The second kappa shape index (κ2) is 11.8. The molecule has 0 saturated heterocycles. The van der Waals surface area contributed by atoms with Gasteiger partial charge in [0.1, 0.15) is 0 Å². The molecule has 0 aliphatic heterocycles. The highest BCUT2D eigenvalue weighted by atomic mass is 16.9. The average molecular weight is 414 g/mol. The van der Waals surface area contributed by atoms with Crippen LogP contribution in [-0.2, 0) is 28.4 Å². The van der Waals surface area contributed by atoms with Crippen molar-refractivity contribution >= 4 is 11.9 Å². The zero-order valence-electron chi connectivity index (χ0n) is 17.7. The summed E-state index contributed by atoms with van der Waals surface area (Å²) in [5.41, 5.74) is 0.245. The van der Waals surface area contributed by atoms with Gasteiger partial charge in [0, 0.05) is 20.1 Å². The molecule has 1 aromatic carbocycles. The first kappa shape index (κ1) is 25.0. The molecule has 164 valence electrons. The number of esters is 1. The van der Waals surface area contributed by atoms with Crippen LogP contribution in [0.5, 0.6) is 0 Å². The molecular formula is C20H30O9. The molecule has 0 radical (unpaired) electrons. The number of carboxylic acids is 1. The van der Waals surface area contributed by atoms with Crippen LogP contribution < -0.4 is 0 Å². The van der Waals surface area contributed by atoms with Gasteiger partial charge in [-0.15, -0.1) is 0 Å². The van der Waals surface area contributed by atoms with Crippen molar-refractivity contribution in [2.24, 2.45) is 0 Å². The fraction of sp³-hybridized carbons (Fsp3) is 0.600. The van der Waals surface area contributed by atoms with E-state index in [1.54, 1.807) is 13.8 Å². The highest BCUT2D eigenvalue weighted by molar-refractivity contribution is 5.92. The Hall–Kier alpha value is -2.04. The maximum Gasteiger partial charge on any atom is 0.340 e. The first-order chi connectivity index (χ1) is 13.6. The lowest BCUT2D eigenvalue weighted by Gasteiger charge is -2.35.